The average Bonchev–Trinajstić information content (AvgIpc) is 2.71. The van der Waals surface area contributed by atoms with Crippen molar-refractivity contribution in [2.45, 2.75) is 6.92 Å². The fourth-order valence-electron chi connectivity index (χ4n) is 1.53. The highest BCUT2D eigenvalue weighted by Crippen LogP contribution is 2.31. The normalized spacial score (nSPS) is 10.2. The third-order valence-corrected chi connectivity index (χ3v) is 3.32. The van der Waals surface area contributed by atoms with Crippen LogP contribution in [-0.4, -0.2) is 21.0 Å². The van der Waals surface area contributed by atoms with E-state index >= 15 is 0 Å². The first-order valence-corrected chi connectivity index (χ1v) is 6.01. The average molecular weight is 279 g/mol. The molecule has 0 amide bonds. The summed E-state index contributed by atoms with van der Waals surface area (Å²) in [5, 5.41) is 22.6. The highest BCUT2D eigenvalue weighted by Gasteiger charge is 2.19. The van der Waals surface area contributed by atoms with E-state index in [1.165, 1.54) is 18.3 Å². The van der Waals surface area contributed by atoms with Gasteiger partial charge in [0.1, 0.15) is 4.88 Å². The third-order valence-electron chi connectivity index (χ3n) is 2.29. The molecular formula is C11H9N3O4S. The van der Waals surface area contributed by atoms with Gasteiger partial charge in [-0.15, -0.1) is 11.3 Å². The van der Waals surface area contributed by atoms with E-state index in [-0.39, 0.29) is 16.4 Å². The van der Waals surface area contributed by atoms with Crippen LogP contribution in [0.5, 0.6) is 0 Å². The Kier molecular flexibility index (Phi) is 3.43. The number of thiophene rings is 1. The van der Waals surface area contributed by atoms with Crippen LogP contribution in [0.4, 0.5) is 17.2 Å². The molecular weight excluding hydrogens is 270 g/mol. The van der Waals surface area contributed by atoms with Gasteiger partial charge in [-0.05, 0) is 19.1 Å². The number of aromatic carboxylic acids is 1. The van der Waals surface area contributed by atoms with Crippen LogP contribution in [-0.2, 0) is 0 Å². The SMILES string of the molecule is Cc1cc(Nc2ncccc2[N+](=O)[O-])c(C(=O)O)s1. The van der Waals surface area contributed by atoms with Crippen LogP contribution in [0.25, 0.3) is 0 Å². The Morgan fingerprint density at radius 1 is 1.58 bits per heavy atom. The summed E-state index contributed by atoms with van der Waals surface area (Å²) in [6.45, 7) is 1.76. The van der Waals surface area contributed by atoms with Gasteiger partial charge in [0.15, 0.2) is 0 Å². The molecule has 8 heteroatoms. The number of pyridine rings is 1. The molecule has 2 aromatic rings. The molecule has 0 radical (unpaired) electrons. The maximum absolute atomic E-state index is 11.1. The Hall–Kier alpha value is -2.48. The number of aromatic nitrogens is 1. The second-order valence-corrected chi connectivity index (χ2v) is 4.91. The maximum atomic E-state index is 11.1. The van der Waals surface area contributed by atoms with Crippen LogP contribution in [0.3, 0.4) is 0 Å². The van der Waals surface area contributed by atoms with E-state index in [9.17, 15) is 14.9 Å². The molecule has 0 aliphatic heterocycles. The summed E-state index contributed by atoms with van der Waals surface area (Å²) in [6, 6.07) is 4.36. The summed E-state index contributed by atoms with van der Waals surface area (Å²) >= 11 is 1.10. The summed E-state index contributed by atoms with van der Waals surface area (Å²) in [6.07, 6.45) is 1.40. The Morgan fingerprint density at radius 3 is 2.95 bits per heavy atom. The predicted octanol–water partition coefficient (Wildman–Crippen LogP) is 2.80. The molecule has 0 saturated carbocycles. The number of rotatable bonds is 4. The van der Waals surface area contributed by atoms with Crippen LogP contribution >= 0.6 is 11.3 Å². The largest absolute Gasteiger partial charge is 0.477 e. The summed E-state index contributed by atoms with van der Waals surface area (Å²) in [7, 11) is 0. The fourth-order valence-corrected chi connectivity index (χ4v) is 2.34. The van der Waals surface area contributed by atoms with E-state index in [0.717, 1.165) is 16.2 Å². The van der Waals surface area contributed by atoms with Crippen LogP contribution in [0, 0.1) is 17.0 Å². The Bertz CT molecular complexity index is 653. The molecule has 0 atom stereocenters. The van der Waals surface area contributed by atoms with Gasteiger partial charge in [0.2, 0.25) is 5.82 Å². The zero-order chi connectivity index (χ0) is 14.0. The van der Waals surface area contributed by atoms with E-state index in [4.69, 9.17) is 5.11 Å². The number of hydrogen-bond donors (Lipinski definition) is 2. The van der Waals surface area contributed by atoms with Crippen molar-refractivity contribution in [3.8, 4) is 0 Å². The van der Waals surface area contributed by atoms with Gasteiger partial charge in [-0.1, -0.05) is 0 Å². The lowest BCUT2D eigenvalue weighted by molar-refractivity contribution is -0.384. The molecule has 0 aliphatic carbocycles. The van der Waals surface area contributed by atoms with E-state index in [1.807, 2.05) is 0 Å². The first-order chi connectivity index (χ1) is 8.99. The van der Waals surface area contributed by atoms with E-state index in [2.05, 4.69) is 10.3 Å². The molecule has 98 valence electrons. The first-order valence-electron chi connectivity index (χ1n) is 5.19. The minimum atomic E-state index is -1.08. The number of hydrogen-bond acceptors (Lipinski definition) is 6. The molecule has 2 N–H and O–H groups in total. The molecule has 0 unspecified atom stereocenters. The fraction of sp³-hybridized carbons (Fsp3) is 0.0909. The number of carboxylic acids is 1. The van der Waals surface area contributed by atoms with Crippen molar-refractivity contribution in [3.63, 3.8) is 0 Å². The van der Waals surface area contributed by atoms with Crippen LogP contribution < -0.4 is 5.32 Å². The highest BCUT2D eigenvalue weighted by molar-refractivity contribution is 7.14. The number of nitrogens with one attached hydrogen (secondary N) is 1. The van der Waals surface area contributed by atoms with Gasteiger partial charge in [-0.3, -0.25) is 10.1 Å². The molecule has 19 heavy (non-hydrogen) atoms. The van der Waals surface area contributed by atoms with Crippen LogP contribution in [0.2, 0.25) is 0 Å². The van der Waals surface area contributed by atoms with E-state index < -0.39 is 10.9 Å². The lowest BCUT2D eigenvalue weighted by atomic mass is 10.3. The second-order valence-electron chi connectivity index (χ2n) is 3.66. The summed E-state index contributed by atoms with van der Waals surface area (Å²) in [5.41, 5.74) is 0.0968. The van der Waals surface area contributed by atoms with E-state index in [1.54, 1.807) is 13.0 Å². The molecule has 2 heterocycles. The zero-order valence-electron chi connectivity index (χ0n) is 9.78. The molecule has 0 aromatic carbocycles. The zero-order valence-corrected chi connectivity index (χ0v) is 10.6. The second kappa shape index (κ2) is 5.02. The maximum Gasteiger partial charge on any atom is 0.348 e. The standard InChI is InChI=1S/C11H9N3O4S/c1-6-5-7(9(19-6)11(15)16)13-10-8(14(17)18)3-2-4-12-10/h2-5H,1H3,(H,12,13)(H,15,16). The third kappa shape index (κ3) is 2.68. The molecule has 0 aliphatic rings. The smallest absolute Gasteiger partial charge is 0.348 e. The molecule has 0 fully saturated rings. The summed E-state index contributed by atoms with van der Waals surface area (Å²) in [4.78, 5) is 26.1. The first kappa shape index (κ1) is 13.0. The van der Waals surface area contributed by atoms with Crippen molar-refractivity contribution in [3.05, 3.63) is 44.3 Å². The molecule has 0 saturated heterocycles. The van der Waals surface area contributed by atoms with Gasteiger partial charge in [-0.25, -0.2) is 9.78 Å². The summed E-state index contributed by atoms with van der Waals surface area (Å²) < 4.78 is 0. The van der Waals surface area contributed by atoms with Gasteiger partial charge < -0.3 is 10.4 Å². The number of nitro groups is 1. The van der Waals surface area contributed by atoms with Crippen molar-refractivity contribution in [1.29, 1.82) is 0 Å². The Labute approximate surface area is 111 Å². The molecule has 0 bridgehead atoms. The Balaban J connectivity index is 2.42. The number of carboxylic acid groups (broad SMARTS) is 1. The lowest BCUT2D eigenvalue weighted by Gasteiger charge is -2.04. The molecule has 7 nitrogen and oxygen atoms in total. The van der Waals surface area contributed by atoms with Gasteiger partial charge in [0.25, 0.3) is 0 Å². The van der Waals surface area contributed by atoms with Gasteiger partial charge in [0.05, 0.1) is 10.6 Å². The van der Waals surface area contributed by atoms with Crippen molar-refractivity contribution in [2.24, 2.45) is 0 Å². The highest BCUT2D eigenvalue weighted by atomic mass is 32.1. The van der Waals surface area contributed by atoms with Crippen molar-refractivity contribution in [1.82, 2.24) is 4.98 Å². The van der Waals surface area contributed by atoms with Crippen LogP contribution in [0.15, 0.2) is 24.4 Å². The monoisotopic (exact) mass is 279 g/mol. The van der Waals surface area contributed by atoms with Crippen molar-refractivity contribution < 1.29 is 14.8 Å². The number of nitrogens with zero attached hydrogens (tertiary/aromatic N) is 2. The predicted molar refractivity (Wildman–Crippen MR) is 70.2 cm³/mol. The number of anilines is 2. The molecule has 2 aromatic heterocycles. The Morgan fingerprint density at radius 2 is 2.32 bits per heavy atom. The van der Waals surface area contributed by atoms with Gasteiger partial charge >= 0.3 is 11.7 Å². The molecule has 2 rings (SSSR count). The summed E-state index contributed by atoms with van der Waals surface area (Å²) in [5.74, 6) is -1.06. The van der Waals surface area contributed by atoms with Crippen LogP contribution in [0.1, 0.15) is 14.5 Å². The van der Waals surface area contributed by atoms with E-state index in [0.29, 0.717) is 5.69 Å². The number of aryl methyl sites for hydroxylation is 1. The molecule has 0 spiro atoms. The van der Waals surface area contributed by atoms with Crippen molar-refractivity contribution >= 4 is 34.5 Å². The van der Waals surface area contributed by atoms with Gasteiger partial charge in [-0.2, -0.15) is 0 Å². The van der Waals surface area contributed by atoms with Crippen molar-refractivity contribution in [2.75, 3.05) is 5.32 Å². The minimum absolute atomic E-state index is 0.0211. The minimum Gasteiger partial charge on any atom is -0.477 e. The topological polar surface area (TPSA) is 105 Å². The quantitative estimate of drug-likeness (QED) is 0.658. The lowest BCUT2D eigenvalue weighted by Crippen LogP contribution is -2.02. The number of carbonyl (C=O) groups is 1. The van der Waals surface area contributed by atoms with Gasteiger partial charge in [0, 0.05) is 17.1 Å².